The minimum atomic E-state index is 0. The molecule has 0 amide bonds. The number of unbranched alkanes of at least 4 members (excludes halogenated alkanes) is 2. The van der Waals surface area contributed by atoms with Crippen LogP contribution >= 0.6 is 0 Å². The second-order valence-corrected chi connectivity index (χ2v) is 2.15. The molecule has 0 aromatic rings. The molecule has 0 saturated carbocycles. The summed E-state index contributed by atoms with van der Waals surface area (Å²) in [6.45, 7) is 4.79. The maximum Gasteiger partial charge on any atom is 0.0430 e. The molecular formula is C8H20Cl2O2Ti2-2. The molecular weight excluding hydrogens is 295 g/mol. The molecule has 88 valence electrons. The van der Waals surface area contributed by atoms with Crippen LogP contribution in [0.2, 0.25) is 0 Å². The van der Waals surface area contributed by atoms with E-state index in [-0.39, 0.29) is 68.2 Å². The molecule has 6 heteroatoms. The van der Waals surface area contributed by atoms with Gasteiger partial charge in [-0.3, -0.25) is 0 Å². The smallest absolute Gasteiger partial charge is 0.0430 e. The van der Waals surface area contributed by atoms with Crippen LogP contribution in [0.1, 0.15) is 39.5 Å². The Balaban J connectivity index is -0.0000000178. The molecule has 0 aromatic heterocycles. The summed E-state index contributed by atoms with van der Waals surface area (Å²) in [7, 11) is 0. The molecule has 2 N–H and O–H groups in total. The first-order chi connectivity index (χ1) is 4.83. The Morgan fingerprint density at radius 1 is 0.714 bits per heavy atom. The third kappa shape index (κ3) is 66.2. The summed E-state index contributed by atoms with van der Waals surface area (Å²) in [5.74, 6) is 0. The number of halogens is 2. The van der Waals surface area contributed by atoms with E-state index in [1.807, 2.05) is 0 Å². The number of aliphatic hydroxyl groups excluding tert-OH is 2. The summed E-state index contributed by atoms with van der Waals surface area (Å²) in [6, 6.07) is 0. The summed E-state index contributed by atoms with van der Waals surface area (Å²) in [5, 5.41) is 16.1. The Hall–Kier alpha value is 1.93. The van der Waals surface area contributed by atoms with Gasteiger partial charge in [0.05, 0.1) is 0 Å². The topological polar surface area (TPSA) is 40.5 Å². The van der Waals surface area contributed by atoms with Crippen molar-refractivity contribution in [1.29, 1.82) is 0 Å². The van der Waals surface area contributed by atoms with Gasteiger partial charge in [0, 0.05) is 56.6 Å². The average Bonchev–Trinajstić information content (AvgIpc) is 1.93. The summed E-state index contributed by atoms with van der Waals surface area (Å²) in [5.41, 5.74) is 0. The van der Waals surface area contributed by atoms with Crippen LogP contribution in [-0.4, -0.2) is 23.4 Å². The molecule has 0 aliphatic carbocycles. The van der Waals surface area contributed by atoms with Crippen LogP contribution in [0.15, 0.2) is 0 Å². The van der Waals surface area contributed by atoms with Crippen molar-refractivity contribution >= 4 is 0 Å². The molecule has 0 atom stereocenters. The molecule has 0 spiro atoms. The Morgan fingerprint density at radius 2 is 0.929 bits per heavy atom. The van der Waals surface area contributed by atoms with Crippen LogP contribution in [0.5, 0.6) is 0 Å². The van der Waals surface area contributed by atoms with Crippen molar-refractivity contribution in [2.24, 2.45) is 0 Å². The van der Waals surface area contributed by atoms with Crippen molar-refractivity contribution in [3.8, 4) is 0 Å². The van der Waals surface area contributed by atoms with Gasteiger partial charge in [0.25, 0.3) is 0 Å². The molecule has 0 fully saturated rings. The minimum absolute atomic E-state index is 0. The molecule has 0 heterocycles. The van der Waals surface area contributed by atoms with Gasteiger partial charge in [0.15, 0.2) is 0 Å². The minimum Gasteiger partial charge on any atom is -1.00 e. The van der Waals surface area contributed by atoms with Gasteiger partial charge in [-0.2, -0.15) is 0 Å². The van der Waals surface area contributed by atoms with E-state index in [4.69, 9.17) is 10.2 Å². The zero-order valence-corrected chi connectivity index (χ0v) is 13.5. The second kappa shape index (κ2) is 46.1. The zero-order valence-electron chi connectivity index (χ0n) is 8.89. The molecule has 0 aliphatic rings. The van der Waals surface area contributed by atoms with Crippen molar-refractivity contribution in [3.05, 3.63) is 0 Å². The Morgan fingerprint density at radius 3 is 0.929 bits per heavy atom. The van der Waals surface area contributed by atoms with Crippen LogP contribution < -0.4 is 24.8 Å². The zero-order chi connectivity index (χ0) is 8.24. The van der Waals surface area contributed by atoms with E-state index in [9.17, 15) is 0 Å². The fourth-order valence-electron chi connectivity index (χ4n) is 0.316. The fraction of sp³-hybridized carbons (Fsp3) is 1.00. The summed E-state index contributed by atoms with van der Waals surface area (Å²) < 4.78 is 0. The van der Waals surface area contributed by atoms with Gasteiger partial charge >= 0.3 is 0 Å². The molecule has 14 heavy (non-hydrogen) atoms. The monoisotopic (exact) mass is 314 g/mol. The Bertz CT molecular complexity index is 44.3. The van der Waals surface area contributed by atoms with Gasteiger partial charge in [-0.05, 0) is 12.8 Å². The van der Waals surface area contributed by atoms with Crippen molar-refractivity contribution in [3.63, 3.8) is 0 Å². The molecule has 0 unspecified atom stereocenters. The molecule has 0 aliphatic heterocycles. The fourth-order valence-corrected chi connectivity index (χ4v) is 0.316. The molecule has 0 radical (unpaired) electrons. The maximum atomic E-state index is 8.07. The van der Waals surface area contributed by atoms with E-state index in [1.54, 1.807) is 0 Å². The normalized spacial score (nSPS) is 6.00. The largest absolute Gasteiger partial charge is 1.00 e. The van der Waals surface area contributed by atoms with Crippen LogP contribution in [0, 0.1) is 0 Å². The number of hydrogen-bond donors (Lipinski definition) is 2. The molecule has 0 saturated heterocycles. The third-order valence-corrected chi connectivity index (χ3v) is 1.02. The van der Waals surface area contributed by atoms with Crippen molar-refractivity contribution in [2.75, 3.05) is 13.2 Å². The summed E-state index contributed by atoms with van der Waals surface area (Å²) in [6.07, 6.45) is 4.08. The molecule has 0 rings (SSSR count). The average molecular weight is 315 g/mol. The van der Waals surface area contributed by atoms with Gasteiger partial charge in [0.1, 0.15) is 0 Å². The standard InChI is InChI=1S/2C4H10O.2ClH.2Ti/c2*1-2-3-4-5;;;;/h2*5H,2-4H2,1H3;2*1H;;/p-2. The van der Waals surface area contributed by atoms with Gasteiger partial charge < -0.3 is 35.0 Å². The molecule has 0 bridgehead atoms. The van der Waals surface area contributed by atoms with Crippen molar-refractivity contribution < 1.29 is 78.5 Å². The number of rotatable bonds is 4. The first-order valence-electron chi connectivity index (χ1n) is 4.05. The second-order valence-electron chi connectivity index (χ2n) is 2.15. The van der Waals surface area contributed by atoms with Crippen molar-refractivity contribution in [2.45, 2.75) is 39.5 Å². The summed E-state index contributed by atoms with van der Waals surface area (Å²) >= 11 is 0. The third-order valence-electron chi connectivity index (χ3n) is 1.02. The van der Waals surface area contributed by atoms with Gasteiger partial charge in [0.2, 0.25) is 0 Å². The summed E-state index contributed by atoms with van der Waals surface area (Å²) in [4.78, 5) is 0. The van der Waals surface area contributed by atoms with Crippen LogP contribution in [0.3, 0.4) is 0 Å². The van der Waals surface area contributed by atoms with E-state index in [0.29, 0.717) is 13.2 Å². The van der Waals surface area contributed by atoms with E-state index in [1.165, 1.54) is 0 Å². The Kier molecular flexibility index (Phi) is 119. The molecule has 2 nitrogen and oxygen atoms in total. The molecule has 0 aromatic carbocycles. The van der Waals surface area contributed by atoms with E-state index in [2.05, 4.69) is 13.8 Å². The van der Waals surface area contributed by atoms with E-state index >= 15 is 0 Å². The maximum absolute atomic E-state index is 8.07. The van der Waals surface area contributed by atoms with E-state index in [0.717, 1.165) is 25.7 Å². The number of hydrogen-bond acceptors (Lipinski definition) is 2. The first-order valence-corrected chi connectivity index (χ1v) is 4.05. The van der Waals surface area contributed by atoms with Gasteiger partial charge in [-0.15, -0.1) is 0 Å². The van der Waals surface area contributed by atoms with Crippen LogP contribution in [0.25, 0.3) is 0 Å². The first kappa shape index (κ1) is 36.0. The Labute approximate surface area is 130 Å². The SMILES string of the molecule is CCCCO.CCCCO.[Cl-].[Cl-].[Ti].[Ti]. The predicted molar refractivity (Wildman–Crippen MR) is 44.0 cm³/mol. The quantitative estimate of drug-likeness (QED) is 0.514. The van der Waals surface area contributed by atoms with Gasteiger partial charge in [-0.1, -0.05) is 26.7 Å². The van der Waals surface area contributed by atoms with Gasteiger partial charge in [-0.25, -0.2) is 0 Å². The number of aliphatic hydroxyl groups is 2. The van der Waals surface area contributed by atoms with E-state index < -0.39 is 0 Å². The van der Waals surface area contributed by atoms with Crippen molar-refractivity contribution in [1.82, 2.24) is 0 Å². The van der Waals surface area contributed by atoms with Crippen LogP contribution in [-0.2, 0) is 43.4 Å². The predicted octanol–water partition coefficient (Wildman–Crippen LogP) is -4.44. The van der Waals surface area contributed by atoms with Crippen LogP contribution in [0.4, 0.5) is 0 Å².